The average Bonchev–Trinajstić information content (AvgIpc) is 3.02. The third-order valence-electron chi connectivity index (χ3n) is 3.90. The van der Waals surface area contributed by atoms with E-state index < -0.39 is 0 Å². The molecule has 1 atom stereocenters. The van der Waals surface area contributed by atoms with Crippen LogP contribution in [0.2, 0.25) is 0 Å². The predicted molar refractivity (Wildman–Crippen MR) is 89.3 cm³/mol. The van der Waals surface area contributed by atoms with Gasteiger partial charge in [-0.25, -0.2) is 4.52 Å². The second-order valence-electron chi connectivity index (χ2n) is 5.36. The van der Waals surface area contributed by atoms with Crippen molar-refractivity contribution in [2.75, 3.05) is 13.7 Å². The monoisotopic (exact) mass is 295 g/mol. The molecule has 3 rings (SSSR count). The smallest absolute Gasteiger partial charge is 0.215 e. The van der Waals surface area contributed by atoms with Crippen molar-refractivity contribution in [3.63, 3.8) is 0 Å². The molecule has 0 amide bonds. The molecule has 0 radical (unpaired) electrons. The lowest BCUT2D eigenvalue weighted by Crippen LogP contribution is -2.17. The summed E-state index contributed by atoms with van der Waals surface area (Å²) in [5.41, 5.74) is 4.63. The second-order valence-corrected chi connectivity index (χ2v) is 5.36. The van der Waals surface area contributed by atoms with Crippen LogP contribution in [-0.2, 0) is 0 Å². The van der Waals surface area contributed by atoms with Crippen molar-refractivity contribution in [3.8, 4) is 17.0 Å². The minimum atomic E-state index is 0.338. The number of ether oxygens (including phenoxy) is 1. The molecule has 0 aliphatic rings. The van der Waals surface area contributed by atoms with E-state index in [1.807, 2.05) is 12.1 Å². The molecule has 0 bridgehead atoms. The minimum absolute atomic E-state index is 0.338. The van der Waals surface area contributed by atoms with Gasteiger partial charge in [0.2, 0.25) is 5.88 Å². The number of benzene rings is 1. The highest BCUT2D eigenvalue weighted by Crippen LogP contribution is 2.28. The normalized spacial score (nSPS) is 12.5. The lowest BCUT2D eigenvalue weighted by molar-refractivity contribution is 0.386. The van der Waals surface area contributed by atoms with Gasteiger partial charge in [0, 0.05) is 12.1 Å². The van der Waals surface area contributed by atoms with Crippen molar-refractivity contribution in [2.24, 2.45) is 0 Å². The summed E-state index contributed by atoms with van der Waals surface area (Å²) in [6.07, 6.45) is 1.78. The number of rotatable bonds is 5. The van der Waals surface area contributed by atoms with E-state index in [1.165, 1.54) is 11.1 Å². The maximum atomic E-state index is 5.45. The van der Waals surface area contributed by atoms with E-state index in [2.05, 4.69) is 54.6 Å². The van der Waals surface area contributed by atoms with Crippen molar-refractivity contribution in [3.05, 3.63) is 54.2 Å². The second kappa shape index (κ2) is 6.20. The lowest BCUT2D eigenvalue weighted by Gasteiger charge is -2.14. The predicted octanol–water partition coefficient (Wildman–Crippen LogP) is 3.68. The van der Waals surface area contributed by atoms with Crippen LogP contribution >= 0.6 is 0 Å². The zero-order valence-corrected chi connectivity index (χ0v) is 13.2. The summed E-state index contributed by atoms with van der Waals surface area (Å²) in [7, 11) is 1.67. The molecule has 2 aromatic heterocycles. The largest absolute Gasteiger partial charge is 0.481 e. The summed E-state index contributed by atoms with van der Waals surface area (Å²) in [5.74, 6) is 0.739. The highest BCUT2D eigenvalue weighted by atomic mass is 16.5. The fraction of sp³-hybridized carbons (Fsp3) is 0.278. The Bertz CT molecular complexity index is 779. The van der Waals surface area contributed by atoms with Crippen molar-refractivity contribution in [1.82, 2.24) is 14.9 Å². The van der Waals surface area contributed by atoms with Crippen molar-refractivity contribution in [1.29, 1.82) is 0 Å². The van der Waals surface area contributed by atoms with Gasteiger partial charge in [-0.2, -0.15) is 5.10 Å². The molecule has 0 aliphatic heterocycles. The van der Waals surface area contributed by atoms with Gasteiger partial charge >= 0.3 is 0 Å². The molecule has 0 saturated carbocycles. The van der Waals surface area contributed by atoms with Crippen molar-refractivity contribution >= 4 is 5.52 Å². The number of hydrogen-bond donors (Lipinski definition) is 1. The molecule has 0 saturated heterocycles. The summed E-state index contributed by atoms with van der Waals surface area (Å²) < 4.78 is 7.25. The van der Waals surface area contributed by atoms with E-state index in [4.69, 9.17) is 4.74 Å². The standard InChI is InChI=1S/C18H21N3O/c1-4-19-13(2)14-6-5-7-15(10-14)16-11-17-8-9-20-21(17)18(12-16)22-3/h5-13,19H,4H2,1-3H3/t13-/m1/s1. The Balaban J connectivity index is 2.05. The maximum absolute atomic E-state index is 5.45. The Labute approximate surface area is 130 Å². The average molecular weight is 295 g/mol. The molecule has 1 N–H and O–H groups in total. The van der Waals surface area contributed by atoms with Gasteiger partial charge in [-0.3, -0.25) is 0 Å². The molecule has 0 spiro atoms. The molecular formula is C18H21N3O. The van der Waals surface area contributed by atoms with Crippen LogP contribution in [0.1, 0.15) is 25.5 Å². The van der Waals surface area contributed by atoms with Crippen molar-refractivity contribution < 1.29 is 4.74 Å². The third kappa shape index (κ3) is 2.70. The summed E-state index contributed by atoms with van der Waals surface area (Å²) in [4.78, 5) is 0. The number of pyridine rings is 1. The van der Waals surface area contributed by atoms with Crippen LogP contribution in [0.25, 0.3) is 16.6 Å². The first-order valence-corrected chi connectivity index (χ1v) is 7.58. The van der Waals surface area contributed by atoms with Gasteiger partial charge in [-0.1, -0.05) is 25.1 Å². The van der Waals surface area contributed by atoms with E-state index in [1.54, 1.807) is 17.8 Å². The van der Waals surface area contributed by atoms with Gasteiger partial charge in [0.25, 0.3) is 0 Å². The van der Waals surface area contributed by atoms with E-state index in [-0.39, 0.29) is 0 Å². The molecule has 0 unspecified atom stereocenters. The number of fused-ring (bicyclic) bond motifs is 1. The van der Waals surface area contributed by atoms with Gasteiger partial charge < -0.3 is 10.1 Å². The van der Waals surface area contributed by atoms with Crippen LogP contribution in [-0.4, -0.2) is 23.3 Å². The Hall–Kier alpha value is -2.33. The number of aromatic nitrogens is 2. The fourth-order valence-electron chi connectivity index (χ4n) is 2.73. The van der Waals surface area contributed by atoms with Crippen molar-refractivity contribution in [2.45, 2.75) is 19.9 Å². The quantitative estimate of drug-likeness (QED) is 0.780. The Kier molecular flexibility index (Phi) is 4.11. The SMILES string of the molecule is CCN[C@H](C)c1cccc(-c2cc(OC)n3nccc3c2)c1. The van der Waals surface area contributed by atoms with E-state index in [0.717, 1.165) is 23.5 Å². The fourth-order valence-corrected chi connectivity index (χ4v) is 2.73. The van der Waals surface area contributed by atoms with Gasteiger partial charge in [0.15, 0.2) is 0 Å². The zero-order valence-electron chi connectivity index (χ0n) is 13.2. The molecule has 4 heteroatoms. The number of hydrogen-bond acceptors (Lipinski definition) is 3. The Morgan fingerprint density at radius 2 is 2.05 bits per heavy atom. The molecule has 2 heterocycles. The van der Waals surface area contributed by atoms with Crippen LogP contribution in [0.4, 0.5) is 0 Å². The summed E-state index contributed by atoms with van der Waals surface area (Å²) in [5, 5.41) is 7.73. The molecule has 22 heavy (non-hydrogen) atoms. The van der Waals surface area contributed by atoms with Crippen LogP contribution < -0.4 is 10.1 Å². The third-order valence-corrected chi connectivity index (χ3v) is 3.90. The first kappa shape index (κ1) is 14.6. The number of nitrogens with one attached hydrogen (secondary N) is 1. The van der Waals surface area contributed by atoms with Crippen LogP contribution in [0.5, 0.6) is 5.88 Å². The van der Waals surface area contributed by atoms with Gasteiger partial charge in [0.1, 0.15) is 0 Å². The van der Waals surface area contributed by atoms with Crippen LogP contribution in [0.3, 0.4) is 0 Å². The number of nitrogens with zero attached hydrogens (tertiary/aromatic N) is 2. The Morgan fingerprint density at radius 3 is 2.82 bits per heavy atom. The molecule has 1 aromatic carbocycles. The first-order valence-electron chi connectivity index (χ1n) is 7.58. The summed E-state index contributed by atoms with van der Waals surface area (Å²) in [6.45, 7) is 5.27. The summed E-state index contributed by atoms with van der Waals surface area (Å²) in [6, 6.07) is 15.1. The minimum Gasteiger partial charge on any atom is -0.481 e. The van der Waals surface area contributed by atoms with Crippen LogP contribution in [0, 0.1) is 0 Å². The summed E-state index contributed by atoms with van der Waals surface area (Å²) >= 11 is 0. The molecule has 3 aromatic rings. The molecule has 0 fully saturated rings. The molecule has 114 valence electrons. The molecular weight excluding hydrogens is 274 g/mol. The highest BCUT2D eigenvalue weighted by molar-refractivity contribution is 5.71. The van der Waals surface area contributed by atoms with Crippen LogP contribution in [0.15, 0.2) is 48.7 Å². The molecule has 4 nitrogen and oxygen atoms in total. The van der Waals surface area contributed by atoms with E-state index in [0.29, 0.717) is 6.04 Å². The van der Waals surface area contributed by atoms with E-state index >= 15 is 0 Å². The number of methoxy groups -OCH3 is 1. The van der Waals surface area contributed by atoms with Gasteiger partial charge in [-0.15, -0.1) is 0 Å². The van der Waals surface area contributed by atoms with Gasteiger partial charge in [0.05, 0.1) is 18.8 Å². The first-order chi connectivity index (χ1) is 10.7. The molecule has 0 aliphatic carbocycles. The van der Waals surface area contributed by atoms with Gasteiger partial charge in [-0.05, 0) is 48.4 Å². The highest BCUT2D eigenvalue weighted by Gasteiger charge is 2.09. The lowest BCUT2D eigenvalue weighted by atomic mass is 10.0. The Morgan fingerprint density at radius 1 is 1.18 bits per heavy atom. The maximum Gasteiger partial charge on any atom is 0.215 e. The zero-order chi connectivity index (χ0) is 15.5. The van der Waals surface area contributed by atoms with E-state index in [9.17, 15) is 0 Å². The topological polar surface area (TPSA) is 38.6 Å².